The van der Waals surface area contributed by atoms with E-state index in [-0.39, 0.29) is 35.6 Å². The second-order valence-electron chi connectivity index (χ2n) is 10.8. The van der Waals surface area contributed by atoms with Crippen LogP contribution >= 0.6 is 23.2 Å². The van der Waals surface area contributed by atoms with Crippen LogP contribution in [0.15, 0.2) is 59.5 Å². The second-order valence-corrected chi connectivity index (χ2v) is 13.5. The average Bonchev–Trinajstić information content (AvgIpc) is 2.99. The van der Waals surface area contributed by atoms with Gasteiger partial charge >= 0.3 is 0 Å². The van der Waals surface area contributed by atoms with Crippen LogP contribution in [0.25, 0.3) is 0 Å². The number of methoxy groups -OCH3 is 2. The minimum absolute atomic E-state index is 0.102. The first kappa shape index (κ1) is 36.0. The Kier molecular flexibility index (Phi) is 12.6. The second kappa shape index (κ2) is 15.7. The molecule has 2 amide bonds. The van der Waals surface area contributed by atoms with E-state index in [0.29, 0.717) is 33.5 Å². The van der Waals surface area contributed by atoms with Crippen molar-refractivity contribution < 1.29 is 27.5 Å². The molecule has 0 aromatic heterocycles. The van der Waals surface area contributed by atoms with Crippen LogP contribution in [0, 0.1) is 13.8 Å². The Morgan fingerprint density at radius 1 is 0.889 bits per heavy atom. The predicted molar refractivity (Wildman–Crippen MR) is 179 cm³/mol. The van der Waals surface area contributed by atoms with Gasteiger partial charge in [0.05, 0.1) is 24.8 Å². The number of hydrogen-bond acceptors (Lipinski definition) is 6. The summed E-state index contributed by atoms with van der Waals surface area (Å²) in [5, 5.41) is 3.60. The van der Waals surface area contributed by atoms with E-state index in [1.54, 1.807) is 37.3 Å². The van der Waals surface area contributed by atoms with Gasteiger partial charge in [0.1, 0.15) is 12.6 Å². The number of carbonyl (C=O) groups is 2. The van der Waals surface area contributed by atoms with Gasteiger partial charge in [-0.05, 0) is 81.1 Å². The molecule has 9 nitrogen and oxygen atoms in total. The Morgan fingerprint density at radius 2 is 1.49 bits per heavy atom. The number of hydrogen-bond donors (Lipinski definition) is 1. The molecule has 0 aliphatic heterocycles. The molecular weight excluding hydrogens is 637 g/mol. The van der Waals surface area contributed by atoms with Crippen molar-refractivity contribution in [3.05, 3.63) is 81.3 Å². The molecule has 45 heavy (non-hydrogen) atoms. The van der Waals surface area contributed by atoms with Gasteiger partial charge in [0.2, 0.25) is 11.8 Å². The van der Waals surface area contributed by atoms with Crippen LogP contribution in [0.2, 0.25) is 10.0 Å². The summed E-state index contributed by atoms with van der Waals surface area (Å²) in [4.78, 5) is 29.2. The minimum atomic E-state index is -4.34. The number of nitrogens with one attached hydrogen (secondary N) is 1. The van der Waals surface area contributed by atoms with Gasteiger partial charge in [-0.3, -0.25) is 13.9 Å². The van der Waals surface area contributed by atoms with Crippen molar-refractivity contribution in [1.29, 1.82) is 0 Å². The number of sulfonamides is 1. The van der Waals surface area contributed by atoms with E-state index in [9.17, 15) is 18.0 Å². The van der Waals surface area contributed by atoms with Gasteiger partial charge < -0.3 is 19.7 Å². The molecule has 2 atom stereocenters. The molecule has 3 aromatic rings. The predicted octanol–water partition coefficient (Wildman–Crippen LogP) is 6.54. The van der Waals surface area contributed by atoms with Crippen molar-refractivity contribution in [2.24, 2.45) is 0 Å². The highest BCUT2D eigenvalue weighted by atomic mass is 35.5. The number of rotatable bonds is 14. The summed E-state index contributed by atoms with van der Waals surface area (Å²) in [6, 6.07) is 13.5. The molecule has 3 rings (SSSR count). The zero-order chi connectivity index (χ0) is 33.5. The van der Waals surface area contributed by atoms with Gasteiger partial charge in [-0.1, -0.05) is 49.2 Å². The van der Waals surface area contributed by atoms with Crippen molar-refractivity contribution in [1.82, 2.24) is 10.2 Å². The Labute approximate surface area is 276 Å². The number of nitrogens with zero attached hydrogens (tertiary/aromatic N) is 2. The average molecular weight is 679 g/mol. The van der Waals surface area contributed by atoms with Crippen molar-refractivity contribution >= 4 is 50.7 Å². The van der Waals surface area contributed by atoms with E-state index < -0.39 is 28.5 Å². The lowest BCUT2D eigenvalue weighted by molar-refractivity contribution is -0.140. The monoisotopic (exact) mass is 677 g/mol. The Morgan fingerprint density at radius 3 is 2.02 bits per heavy atom. The Bertz CT molecular complexity index is 1590. The molecule has 0 fully saturated rings. The van der Waals surface area contributed by atoms with Crippen molar-refractivity contribution in [2.45, 2.75) is 71.0 Å². The summed E-state index contributed by atoms with van der Waals surface area (Å²) < 4.78 is 40.4. The molecule has 0 bridgehead atoms. The summed E-state index contributed by atoms with van der Waals surface area (Å²) in [6.07, 6.45) is 0.957. The number of ether oxygens (including phenoxy) is 2. The van der Waals surface area contributed by atoms with E-state index in [4.69, 9.17) is 32.7 Å². The molecule has 0 unspecified atom stereocenters. The maximum atomic E-state index is 14.4. The minimum Gasteiger partial charge on any atom is -0.493 e. The summed E-state index contributed by atoms with van der Waals surface area (Å²) in [6.45, 7) is 8.58. The van der Waals surface area contributed by atoms with Crippen LogP contribution in [0.4, 0.5) is 5.69 Å². The lowest BCUT2D eigenvalue weighted by Gasteiger charge is -2.34. The molecule has 1 N–H and O–H groups in total. The number of halogens is 2. The third kappa shape index (κ3) is 8.62. The number of aryl methyl sites for hydroxylation is 2. The maximum absolute atomic E-state index is 14.4. The first-order valence-corrected chi connectivity index (χ1v) is 16.8. The van der Waals surface area contributed by atoms with Crippen LogP contribution in [0.3, 0.4) is 0 Å². The smallest absolute Gasteiger partial charge is 0.264 e. The van der Waals surface area contributed by atoms with Gasteiger partial charge in [-0.2, -0.15) is 0 Å². The summed E-state index contributed by atoms with van der Waals surface area (Å²) in [5.41, 5.74) is 2.36. The third-order valence-electron chi connectivity index (χ3n) is 7.49. The lowest BCUT2D eigenvalue weighted by Crippen LogP contribution is -2.53. The van der Waals surface area contributed by atoms with Gasteiger partial charge in [-0.15, -0.1) is 0 Å². The molecular formula is C33H41Cl2N3O6S. The molecule has 0 saturated carbocycles. The first-order valence-electron chi connectivity index (χ1n) is 14.6. The summed E-state index contributed by atoms with van der Waals surface area (Å²) >= 11 is 13.0. The SMILES string of the molecule is CC[C@@H](C)NC(=O)[C@@H](CC)N(Cc1c(Cl)cccc1Cl)C(=O)CN(c1cc(C)cc(C)c1)S(=O)(=O)c1ccc(OC)c(OC)c1. The largest absolute Gasteiger partial charge is 0.493 e. The van der Waals surface area contributed by atoms with E-state index in [1.807, 2.05) is 33.8 Å². The zero-order valence-corrected chi connectivity index (χ0v) is 29.0. The molecule has 0 heterocycles. The molecule has 0 saturated heterocycles. The third-order valence-corrected chi connectivity index (χ3v) is 9.97. The first-order chi connectivity index (χ1) is 21.3. The lowest BCUT2D eigenvalue weighted by atomic mass is 10.1. The molecule has 0 aliphatic rings. The van der Waals surface area contributed by atoms with Crippen molar-refractivity contribution in [3.8, 4) is 11.5 Å². The maximum Gasteiger partial charge on any atom is 0.264 e. The fraction of sp³-hybridized carbons (Fsp3) is 0.394. The fourth-order valence-corrected chi connectivity index (χ4v) is 6.87. The Hall–Kier alpha value is -3.47. The highest BCUT2D eigenvalue weighted by Gasteiger charge is 2.35. The van der Waals surface area contributed by atoms with Gasteiger partial charge in [0.25, 0.3) is 10.0 Å². The normalized spacial score (nSPS) is 12.6. The van der Waals surface area contributed by atoms with Gasteiger partial charge in [-0.25, -0.2) is 8.42 Å². The standard InChI is InChI=1S/C33H41Cl2N3O6S/c1-8-23(5)36-33(40)29(9-2)37(19-26-27(34)11-10-12-28(26)35)32(39)20-38(24-16-21(3)15-22(4)17-24)45(41,42)25-13-14-30(43-6)31(18-25)44-7/h10-18,23,29H,8-9,19-20H2,1-7H3,(H,36,40)/t23-,29-/m1/s1. The highest BCUT2D eigenvalue weighted by Crippen LogP contribution is 2.33. The molecule has 0 radical (unpaired) electrons. The molecule has 0 spiro atoms. The van der Waals surface area contributed by atoms with Crippen LogP contribution < -0.4 is 19.1 Å². The van der Waals surface area contributed by atoms with E-state index in [0.717, 1.165) is 15.4 Å². The fourth-order valence-electron chi connectivity index (χ4n) is 4.94. The number of carbonyl (C=O) groups excluding carboxylic acids is 2. The van der Waals surface area contributed by atoms with Crippen LogP contribution in [0.1, 0.15) is 50.3 Å². The number of benzene rings is 3. The van der Waals surface area contributed by atoms with Crippen LogP contribution in [0.5, 0.6) is 11.5 Å². The van der Waals surface area contributed by atoms with Gasteiger partial charge in [0, 0.05) is 34.3 Å². The summed E-state index contributed by atoms with van der Waals surface area (Å²) in [7, 11) is -1.48. The van der Waals surface area contributed by atoms with Crippen molar-refractivity contribution in [2.75, 3.05) is 25.1 Å². The molecule has 244 valence electrons. The zero-order valence-electron chi connectivity index (χ0n) is 26.7. The van der Waals surface area contributed by atoms with E-state index in [2.05, 4.69) is 5.32 Å². The van der Waals surface area contributed by atoms with Crippen LogP contribution in [-0.4, -0.2) is 58.0 Å². The molecule has 12 heteroatoms. The number of anilines is 1. The van der Waals surface area contributed by atoms with E-state index >= 15 is 0 Å². The van der Waals surface area contributed by atoms with Crippen molar-refractivity contribution in [3.63, 3.8) is 0 Å². The quantitative estimate of drug-likeness (QED) is 0.208. The highest BCUT2D eigenvalue weighted by molar-refractivity contribution is 7.92. The van der Waals surface area contributed by atoms with Gasteiger partial charge in [0.15, 0.2) is 11.5 Å². The van der Waals surface area contributed by atoms with Crippen LogP contribution in [-0.2, 0) is 26.2 Å². The summed E-state index contributed by atoms with van der Waals surface area (Å²) in [5.74, 6) is -0.399. The molecule has 3 aromatic carbocycles. The topological polar surface area (TPSA) is 105 Å². The molecule has 0 aliphatic carbocycles. The number of amides is 2. The van der Waals surface area contributed by atoms with E-state index in [1.165, 1.54) is 37.3 Å². The Balaban J connectivity index is 2.17.